The maximum absolute atomic E-state index is 13.2. The number of ether oxygens (including phenoxy) is 3. The summed E-state index contributed by atoms with van der Waals surface area (Å²) in [6, 6.07) is 0. The summed E-state index contributed by atoms with van der Waals surface area (Å²) in [6.07, 6.45) is 0.998. The normalized spacial score (nSPS) is 13.1. The topological polar surface area (TPSA) is 145 Å². The van der Waals surface area contributed by atoms with E-state index < -0.39 is 53.3 Å². The summed E-state index contributed by atoms with van der Waals surface area (Å²) in [4.78, 5) is 74.8. The van der Waals surface area contributed by atoms with Gasteiger partial charge in [-0.3, -0.25) is 0 Å². The van der Waals surface area contributed by atoms with Gasteiger partial charge in [-0.25, -0.2) is 42.5 Å². The molecule has 0 aliphatic heterocycles. The maximum Gasteiger partial charge on any atom is 0.336 e. The van der Waals surface area contributed by atoms with E-state index in [9.17, 15) is 28.8 Å². The molecule has 0 amide bonds. The van der Waals surface area contributed by atoms with E-state index in [0.717, 1.165) is 31.9 Å². The van der Waals surface area contributed by atoms with Crippen LogP contribution in [0.2, 0.25) is 0 Å². The van der Waals surface area contributed by atoms with E-state index >= 15 is 0 Å². The Bertz CT molecular complexity index is 986. The molecule has 1 aromatic heterocycles. The van der Waals surface area contributed by atoms with E-state index in [1.807, 2.05) is 0 Å². The summed E-state index contributed by atoms with van der Waals surface area (Å²) >= 11 is 0. The third kappa shape index (κ3) is 8.07. The summed E-state index contributed by atoms with van der Waals surface area (Å²) in [5.41, 5.74) is -2.92. The van der Waals surface area contributed by atoms with E-state index in [1.165, 1.54) is 0 Å². The van der Waals surface area contributed by atoms with Crippen LogP contribution in [-0.2, 0) is 48.2 Å². The fourth-order valence-corrected chi connectivity index (χ4v) is 3.15. The van der Waals surface area contributed by atoms with Crippen molar-refractivity contribution in [2.24, 2.45) is 0 Å². The van der Waals surface area contributed by atoms with Gasteiger partial charge in [-0.2, -0.15) is 0 Å². The van der Waals surface area contributed by atoms with Crippen LogP contribution in [0.3, 0.4) is 0 Å². The van der Waals surface area contributed by atoms with Gasteiger partial charge in [0.25, 0.3) is 0 Å². The van der Waals surface area contributed by atoms with Gasteiger partial charge in [0.1, 0.15) is 18.3 Å². The molecule has 0 saturated carbocycles. The van der Waals surface area contributed by atoms with Crippen molar-refractivity contribution < 1.29 is 28.6 Å². The molecule has 0 aliphatic carbocycles. The van der Waals surface area contributed by atoms with E-state index in [4.69, 9.17) is 14.2 Å². The van der Waals surface area contributed by atoms with Crippen molar-refractivity contribution >= 4 is 17.9 Å². The second-order valence-electron chi connectivity index (χ2n) is 7.69. The minimum Gasteiger partial charge on any atom is -0.457 e. The minimum atomic E-state index is -0.974. The SMILES string of the molecule is C=CC(=O)OC(CC)Cn1c(=O)n(CC(CC)OC(=O)C=C)c(=O)n(CC(CC)OC(=O)C=C)c1=O. The van der Waals surface area contributed by atoms with Crippen molar-refractivity contribution in [3.63, 3.8) is 0 Å². The Morgan fingerprint density at radius 3 is 1.00 bits per heavy atom. The standard InChI is InChI=1S/C24H33N3O9/c1-7-16(34-19(28)10-4)13-25-22(31)26(14-17(8-2)35-20(29)11-5)24(33)27(23(25)32)15-18(9-3)36-21(30)12-6/h10-12,16-18H,4-9,13-15H2,1-3H3. The van der Waals surface area contributed by atoms with E-state index in [1.54, 1.807) is 20.8 Å². The molecule has 0 N–H and O–H groups in total. The van der Waals surface area contributed by atoms with Gasteiger partial charge in [0.2, 0.25) is 0 Å². The first-order valence-electron chi connectivity index (χ1n) is 11.5. The van der Waals surface area contributed by atoms with Gasteiger partial charge in [0.05, 0.1) is 19.6 Å². The van der Waals surface area contributed by atoms with Crippen LogP contribution in [-0.4, -0.2) is 49.9 Å². The molecule has 12 heteroatoms. The molecule has 3 atom stereocenters. The number of hydrogen-bond donors (Lipinski definition) is 0. The highest BCUT2D eigenvalue weighted by Gasteiger charge is 2.24. The second-order valence-corrected chi connectivity index (χ2v) is 7.69. The lowest BCUT2D eigenvalue weighted by Crippen LogP contribution is -2.57. The number of carbonyl (C=O) groups excluding carboxylic acids is 3. The lowest BCUT2D eigenvalue weighted by molar-refractivity contribution is -0.144. The van der Waals surface area contributed by atoms with Gasteiger partial charge in [0.15, 0.2) is 0 Å². The molecule has 0 fully saturated rings. The molecular formula is C24H33N3O9. The van der Waals surface area contributed by atoms with Crippen LogP contribution in [0.1, 0.15) is 40.0 Å². The third-order valence-corrected chi connectivity index (χ3v) is 5.26. The highest BCUT2D eigenvalue weighted by Crippen LogP contribution is 2.05. The number of nitrogens with zero attached hydrogens (tertiary/aromatic N) is 3. The van der Waals surface area contributed by atoms with Crippen molar-refractivity contribution in [1.82, 2.24) is 13.7 Å². The zero-order valence-corrected chi connectivity index (χ0v) is 20.8. The van der Waals surface area contributed by atoms with Crippen LogP contribution in [0.5, 0.6) is 0 Å². The molecular weight excluding hydrogens is 474 g/mol. The van der Waals surface area contributed by atoms with Crippen molar-refractivity contribution in [3.05, 3.63) is 69.4 Å². The second kappa shape index (κ2) is 14.4. The average molecular weight is 508 g/mol. The van der Waals surface area contributed by atoms with E-state index in [2.05, 4.69) is 19.7 Å². The van der Waals surface area contributed by atoms with Crippen molar-refractivity contribution in [2.45, 2.75) is 78.0 Å². The summed E-state index contributed by atoms with van der Waals surface area (Å²) in [5.74, 6) is -2.23. The molecule has 0 radical (unpaired) electrons. The molecule has 36 heavy (non-hydrogen) atoms. The van der Waals surface area contributed by atoms with Crippen LogP contribution >= 0.6 is 0 Å². The number of aromatic nitrogens is 3. The fraction of sp³-hybridized carbons (Fsp3) is 0.500. The van der Waals surface area contributed by atoms with Crippen molar-refractivity contribution in [2.75, 3.05) is 0 Å². The Labute approximate surface area is 208 Å². The first-order chi connectivity index (χ1) is 17.1. The minimum absolute atomic E-state index is 0.258. The molecule has 1 rings (SSSR count). The highest BCUT2D eigenvalue weighted by atomic mass is 16.6. The summed E-state index contributed by atoms with van der Waals surface area (Å²) < 4.78 is 17.9. The number of rotatable bonds is 15. The first kappa shape index (κ1) is 30.1. The lowest BCUT2D eigenvalue weighted by atomic mass is 10.2. The van der Waals surface area contributed by atoms with Crippen LogP contribution in [0, 0.1) is 0 Å². The Balaban J connectivity index is 3.67. The third-order valence-electron chi connectivity index (χ3n) is 5.26. The van der Waals surface area contributed by atoms with Gasteiger partial charge < -0.3 is 14.2 Å². The van der Waals surface area contributed by atoms with Gasteiger partial charge in [-0.1, -0.05) is 40.5 Å². The number of carbonyl (C=O) groups is 3. The molecule has 0 aromatic carbocycles. The van der Waals surface area contributed by atoms with Crippen LogP contribution in [0.25, 0.3) is 0 Å². The van der Waals surface area contributed by atoms with Crippen LogP contribution in [0.4, 0.5) is 0 Å². The molecule has 3 unspecified atom stereocenters. The van der Waals surface area contributed by atoms with Crippen molar-refractivity contribution in [1.29, 1.82) is 0 Å². The molecule has 12 nitrogen and oxygen atoms in total. The zero-order valence-electron chi connectivity index (χ0n) is 20.8. The Morgan fingerprint density at radius 2 is 0.833 bits per heavy atom. The van der Waals surface area contributed by atoms with Gasteiger partial charge in [0, 0.05) is 18.2 Å². The monoisotopic (exact) mass is 507 g/mol. The predicted molar refractivity (Wildman–Crippen MR) is 130 cm³/mol. The smallest absolute Gasteiger partial charge is 0.336 e. The van der Waals surface area contributed by atoms with Gasteiger partial charge >= 0.3 is 35.0 Å². The molecule has 1 heterocycles. The molecule has 0 spiro atoms. The predicted octanol–water partition coefficient (Wildman–Crippen LogP) is 0.695. The Hall–Kier alpha value is -3.96. The Morgan fingerprint density at radius 1 is 0.611 bits per heavy atom. The summed E-state index contributed by atoms with van der Waals surface area (Å²) in [6.45, 7) is 14.0. The zero-order chi connectivity index (χ0) is 27.4. The maximum atomic E-state index is 13.2. The quantitative estimate of drug-likeness (QED) is 0.190. The van der Waals surface area contributed by atoms with Crippen LogP contribution in [0.15, 0.2) is 52.3 Å². The van der Waals surface area contributed by atoms with Gasteiger partial charge in [-0.05, 0) is 19.3 Å². The first-order valence-corrected chi connectivity index (χ1v) is 11.5. The number of hydrogen-bond acceptors (Lipinski definition) is 9. The molecule has 0 saturated heterocycles. The highest BCUT2D eigenvalue weighted by molar-refractivity contribution is 5.82. The summed E-state index contributed by atoms with van der Waals surface area (Å²) in [7, 11) is 0. The largest absolute Gasteiger partial charge is 0.457 e. The molecule has 198 valence electrons. The fourth-order valence-electron chi connectivity index (χ4n) is 3.15. The lowest BCUT2D eigenvalue weighted by Gasteiger charge is -2.22. The van der Waals surface area contributed by atoms with Crippen LogP contribution < -0.4 is 17.1 Å². The number of esters is 3. The molecule has 0 aliphatic rings. The van der Waals surface area contributed by atoms with Crippen molar-refractivity contribution in [3.8, 4) is 0 Å². The van der Waals surface area contributed by atoms with Gasteiger partial charge in [-0.15, -0.1) is 0 Å². The molecule has 0 bridgehead atoms. The van der Waals surface area contributed by atoms with E-state index in [0.29, 0.717) is 0 Å². The Kier molecular flexibility index (Phi) is 12.1. The average Bonchev–Trinajstić information content (AvgIpc) is 2.88. The van der Waals surface area contributed by atoms with E-state index in [-0.39, 0.29) is 38.9 Å². The molecule has 1 aromatic rings. The summed E-state index contributed by atoms with van der Waals surface area (Å²) in [5, 5.41) is 0.